The van der Waals surface area contributed by atoms with Crippen LogP contribution in [0.3, 0.4) is 0 Å². The first kappa shape index (κ1) is 17.9. The quantitative estimate of drug-likeness (QED) is 0.668. The third-order valence-corrected chi connectivity index (χ3v) is 8.77. The highest BCUT2D eigenvalue weighted by Gasteiger charge is 2.50. The van der Waals surface area contributed by atoms with Crippen LogP contribution in [0.2, 0.25) is 0 Å². The maximum absolute atomic E-state index is 12.9. The van der Waals surface area contributed by atoms with Crippen molar-refractivity contribution in [2.45, 2.75) is 50.5 Å². The van der Waals surface area contributed by atoms with Gasteiger partial charge in [-0.25, -0.2) is 9.78 Å². The van der Waals surface area contributed by atoms with Gasteiger partial charge in [0.25, 0.3) is 0 Å². The summed E-state index contributed by atoms with van der Waals surface area (Å²) < 4.78 is 6.14. The smallest absolute Gasteiger partial charge is 0.410 e. The second-order valence-corrected chi connectivity index (χ2v) is 10.5. The Morgan fingerprint density at radius 3 is 2.48 bits per heavy atom. The number of benzene rings is 1. The Labute approximate surface area is 176 Å². The maximum Gasteiger partial charge on any atom is 0.410 e. The molecule has 29 heavy (non-hydrogen) atoms. The third kappa shape index (κ3) is 3.27. The molecule has 0 radical (unpaired) electrons. The van der Waals surface area contributed by atoms with E-state index in [0.717, 1.165) is 47.6 Å². The second-order valence-electron chi connectivity index (χ2n) is 9.65. The Morgan fingerprint density at radius 1 is 1.03 bits per heavy atom. The van der Waals surface area contributed by atoms with Crippen LogP contribution in [0.1, 0.15) is 49.5 Å². The number of ether oxygens (including phenoxy) is 1. The number of likely N-dealkylation sites (tertiary alicyclic amines) is 1. The molecule has 4 bridgehead atoms. The molecule has 5 aliphatic rings. The average Bonchev–Trinajstić information content (AvgIpc) is 3.40. The molecule has 1 aliphatic heterocycles. The normalized spacial score (nSPS) is 35.2. The Kier molecular flexibility index (Phi) is 4.40. The Hall–Kier alpha value is -1.88. The van der Waals surface area contributed by atoms with Gasteiger partial charge in [-0.05, 0) is 62.2 Å². The minimum atomic E-state index is -0.0789. The molecule has 5 heteroatoms. The van der Waals surface area contributed by atoms with Crippen molar-refractivity contribution in [2.24, 2.45) is 23.7 Å². The molecule has 0 N–H and O–H groups in total. The lowest BCUT2D eigenvalue weighted by Crippen LogP contribution is -2.51. The highest BCUT2D eigenvalue weighted by atomic mass is 32.1. The topological polar surface area (TPSA) is 42.4 Å². The molecule has 1 atom stereocenters. The number of thiazole rings is 1. The number of carbonyl (C=O) groups excluding carboxylic acids is 1. The van der Waals surface area contributed by atoms with Crippen molar-refractivity contribution in [1.82, 2.24) is 9.88 Å². The van der Waals surface area contributed by atoms with Gasteiger partial charge in [-0.15, -0.1) is 11.3 Å². The zero-order valence-electron chi connectivity index (χ0n) is 16.7. The molecule has 5 fully saturated rings. The SMILES string of the molecule is O=C(OC1C2CC3CC(C2)CC1C3)N1CCC(c2nc(-c3ccccc3)cs2)C1. The lowest BCUT2D eigenvalue weighted by Gasteiger charge is -2.53. The number of rotatable bonds is 3. The Morgan fingerprint density at radius 2 is 1.76 bits per heavy atom. The molecule has 4 aliphatic carbocycles. The van der Waals surface area contributed by atoms with E-state index >= 15 is 0 Å². The lowest BCUT2D eigenvalue weighted by atomic mass is 9.55. The van der Waals surface area contributed by atoms with Gasteiger partial charge in [-0.2, -0.15) is 0 Å². The molecule has 1 amide bonds. The van der Waals surface area contributed by atoms with E-state index < -0.39 is 0 Å². The number of carbonyl (C=O) groups is 1. The fourth-order valence-corrected chi connectivity index (χ4v) is 7.56. The summed E-state index contributed by atoms with van der Waals surface area (Å²) >= 11 is 1.72. The number of nitrogens with zero attached hydrogens (tertiary/aromatic N) is 2. The largest absolute Gasteiger partial charge is 0.446 e. The summed E-state index contributed by atoms with van der Waals surface area (Å²) in [4.78, 5) is 19.7. The molecular formula is C24H28N2O2S. The first-order valence-corrected chi connectivity index (χ1v) is 12.1. The van der Waals surface area contributed by atoms with Gasteiger partial charge in [0.2, 0.25) is 0 Å². The molecule has 4 nitrogen and oxygen atoms in total. The highest BCUT2D eigenvalue weighted by Crippen LogP contribution is 2.54. The first-order valence-electron chi connectivity index (χ1n) is 11.2. The fourth-order valence-electron chi connectivity index (χ4n) is 6.60. The summed E-state index contributed by atoms with van der Waals surface area (Å²) in [5.41, 5.74) is 2.20. The van der Waals surface area contributed by atoms with E-state index in [1.807, 2.05) is 23.1 Å². The lowest BCUT2D eigenvalue weighted by molar-refractivity contribution is -0.101. The van der Waals surface area contributed by atoms with Crippen molar-refractivity contribution in [3.8, 4) is 11.3 Å². The minimum Gasteiger partial charge on any atom is -0.446 e. The first-order chi connectivity index (χ1) is 14.2. The van der Waals surface area contributed by atoms with Gasteiger partial charge in [0.15, 0.2) is 0 Å². The van der Waals surface area contributed by atoms with Crippen LogP contribution in [-0.2, 0) is 4.74 Å². The second kappa shape index (κ2) is 7.12. The molecule has 1 saturated heterocycles. The van der Waals surface area contributed by atoms with E-state index in [0.29, 0.717) is 17.8 Å². The van der Waals surface area contributed by atoms with Crippen molar-refractivity contribution in [2.75, 3.05) is 13.1 Å². The summed E-state index contributed by atoms with van der Waals surface area (Å²) in [6, 6.07) is 10.3. The number of aromatic nitrogens is 1. The summed E-state index contributed by atoms with van der Waals surface area (Å²) in [5, 5.41) is 3.29. The summed E-state index contributed by atoms with van der Waals surface area (Å²) in [6.45, 7) is 1.53. The minimum absolute atomic E-state index is 0.0789. The standard InChI is InChI=1S/C24H28N2O2S/c27-24(28-22-19-9-15-8-16(11-19)12-20(22)10-15)26-7-6-18(13-26)23-25-21(14-29-23)17-4-2-1-3-5-17/h1-5,14-16,18-20,22H,6-13H2. The van der Waals surface area contributed by atoms with Crippen LogP contribution < -0.4 is 0 Å². The van der Waals surface area contributed by atoms with E-state index in [4.69, 9.17) is 9.72 Å². The molecule has 0 spiro atoms. The maximum atomic E-state index is 12.9. The summed E-state index contributed by atoms with van der Waals surface area (Å²) in [7, 11) is 0. The van der Waals surface area contributed by atoms with Crippen LogP contribution in [0.5, 0.6) is 0 Å². The van der Waals surface area contributed by atoms with Crippen molar-refractivity contribution >= 4 is 17.4 Å². The van der Waals surface area contributed by atoms with Crippen LogP contribution in [-0.4, -0.2) is 35.2 Å². The number of hydrogen-bond donors (Lipinski definition) is 0. The van der Waals surface area contributed by atoms with Gasteiger partial charge < -0.3 is 9.64 Å². The zero-order chi connectivity index (χ0) is 19.4. The van der Waals surface area contributed by atoms with E-state index in [-0.39, 0.29) is 12.2 Å². The molecule has 1 aromatic carbocycles. The molecule has 1 unspecified atom stereocenters. The van der Waals surface area contributed by atoms with Crippen LogP contribution in [0, 0.1) is 23.7 Å². The van der Waals surface area contributed by atoms with E-state index in [2.05, 4.69) is 17.5 Å². The summed E-state index contributed by atoms with van der Waals surface area (Å²) in [6.07, 6.45) is 7.66. The van der Waals surface area contributed by atoms with Crippen molar-refractivity contribution in [3.63, 3.8) is 0 Å². The van der Waals surface area contributed by atoms with E-state index in [1.54, 1.807) is 11.3 Å². The monoisotopic (exact) mass is 408 g/mol. The average molecular weight is 409 g/mol. The van der Waals surface area contributed by atoms with Crippen LogP contribution in [0.15, 0.2) is 35.7 Å². The molecule has 4 saturated carbocycles. The van der Waals surface area contributed by atoms with E-state index in [9.17, 15) is 4.79 Å². The van der Waals surface area contributed by atoms with E-state index in [1.165, 1.54) is 32.1 Å². The van der Waals surface area contributed by atoms with Crippen LogP contribution in [0.4, 0.5) is 4.79 Å². The predicted octanol–water partition coefficient (Wildman–Crippen LogP) is 5.56. The molecule has 7 rings (SSSR count). The molecule has 152 valence electrons. The molecule has 2 heterocycles. The van der Waals surface area contributed by atoms with Gasteiger partial charge in [-0.1, -0.05) is 30.3 Å². The molecule has 2 aromatic rings. The van der Waals surface area contributed by atoms with Gasteiger partial charge in [0.1, 0.15) is 6.10 Å². The fraction of sp³-hybridized carbons (Fsp3) is 0.583. The number of hydrogen-bond acceptors (Lipinski definition) is 4. The Bertz CT molecular complexity index is 867. The Balaban J connectivity index is 1.09. The van der Waals surface area contributed by atoms with Crippen molar-refractivity contribution in [3.05, 3.63) is 40.7 Å². The highest BCUT2D eigenvalue weighted by molar-refractivity contribution is 7.10. The van der Waals surface area contributed by atoms with Crippen molar-refractivity contribution in [1.29, 1.82) is 0 Å². The van der Waals surface area contributed by atoms with Crippen molar-refractivity contribution < 1.29 is 9.53 Å². The predicted molar refractivity (Wildman–Crippen MR) is 114 cm³/mol. The van der Waals surface area contributed by atoms with Gasteiger partial charge in [-0.3, -0.25) is 0 Å². The number of amides is 1. The zero-order valence-corrected chi connectivity index (χ0v) is 17.5. The summed E-state index contributed by atoms with van der Waals surface area (Å²) in [5.74, 6) is 3.41. The van der Waals surface area contributed by atoms with Gasteiger partial charge in [0.05, 0.1) is 10.7 Å². The van der Waals surface area contributed by atoms with Gasteiger partial charge in [0, 0.05) is 30.0 Å². The van der Waals surface area contributed by atoms with Gasteiger partial charge >= 0.3 is 6.09 Å². The van der Waals surface area contributed by atoms with Crippen LogP contribution >= 0.6 is 11.3 Å². The molecular weight excluding hydrogens is 380 g/mol. The molecule has 1 aromatic heterocycles. The third-order valence-electron chi connectivity index (χ3n) is 7.76. The van der Waals surface area contributed by atoms with Crippen LogP contribution in [0.25, 0.3) is 11.3 Å².